The summed E-state index contributed by atoms with van der Waals surface area (Å²) >= 11 is 0. The summed E-state index contributed by atoms with van der Waals surface area (Å²) < 4.78 is 1.88. The molecule has 0 saturated carbocycles. The van der Waals surface area contributed by atoms with Gasteiger partial charge in [-0.15, -0.1) is 0 Å². The van der Waals surface area contributed by atoms with Crippen molar-refractivity contribution < 1.29 is 0 Å². The zero-order valence-corrected chi connectivity index (χ0v) is 12.7. The fourth-order valence-corrected chi connectivity index (χ4v) is 1.96. The van der Waals surface area contributed by atoms with Gasteiger partial charge in [-0.05, 0) is 18.6 Å². The lowest BCUT2D eigenvalue weighted by atomic mass is 10.3. The van der Waals surface area contributed by atoms with E-state index in [1.54, 1.807) is 7.05 Å². The molecular formula is C16H23N5. The third-order valence-electron chi connectivity index (χ3n) is 3.16. The molecule has 0 amide bonds. The van der Waals surface area contributed by atoms with Crippen LogP contribution in [0.3, 0.4) is 0 Å². The van der Waals surface area contributed by atoms with Crippen LogP contribution < -0.4 is 10.6 Å². The van der Waals surface area contributed by atoms with Crippen molar-refractivity contribution in [2.45, 2.75) is 26.3 Å². The van der Waals surface area contributed by atoms with Gasteiger partial charge in [0.2, 0.25) is 0 Å². The first-order chi connectivity index (χ1) is 10.3. The Morgan fingerprint density at radius 3 is 2.76 bits per heavy atom. The Balaban J connectivity index is 1.88. The molecule has 0 spiro atoms. The Morgan fingerprint density at radius 2 is 2.05 bits per heavy atom. The molecule has 1 aromatic heterocycles. The fraction of sp³-hybridized carbons (Fsp3) is 0.375. The number of rotatable bonds is 6. The highest BCUT2D eigenvalue weighted by atomic mass is 15.3. The SMILES string of the molecule is CCCCNC(=NC)NCc1cnn(-c2ccccc2)c1. The van der Waals surface area contributed by atoms with Gasteiger partial charge < -0.3 is 10.6 Å². The number of benzene rings is 1. The van der Waals surface area contributed by atoms with Gasteiger partial charge in [0.1, 0.15) is 0 Å². The zero-order chi connectivity index (χ0) is 14.9. The smallest absolute Gasteiger partial charge is 0.191 e. The maximum Gasteiger partial charge on any atom is 0.191 e. The molecule has 0 aliphatic rings. The maximum absolute atomic E-state index is 4.38. The van der Waals surface area contributed by atoms with E-state index in [9.17, 15) is 0 Å². The zero-order valence-electron chi connectivity index (χ0n) is 12.7. The average Bonchev–Trinajstić information content (AvgIpc) is 3.00. The molecule has 5 heteroatoms. The Kier molecular flexibility index (Phi) is 5.82. The van der Waals surface area contributed by atoms with E-state index in [-0.39, 0.29) is 0 Å². The van der Waals surface area contributed by atoms with E-state index in [1.165, 1.54) is 6.42 Å². The second-order valence-electron chi connectivity index (χ2n) is 4.83. The van der Waals surface area contributed by atoms with Crippen molar-refractivity contribution in [3.63, 3.8) is 0 Å². The van der Waals surface area contributed by atoms with Crippen molar-refractivity contribution in [1.29, 1.82) is 0 Å². The molecule has 0 aliphatic heterocycles. The number of para-hydroxylation sites is 1. The molecule has 2 rings (SSSR count). The van der Waals surface area contributed by atoms with Crippen molar-refractivity contribution in [2.75, 3.05) is 13.6 Å². The van der Waals surface area contributed by atoms with E-state index >= 15 is 0 Å². The Bertz CT molecular complexity index is 559. The minimum atomic E-state index is 0.707. The molecule has 0 unspecified atom stereocenters. The van der Waals surface area contributed by atoms with E-state index in [4.69, 9.17) is 0 Å². The highest BCUT2D eigenvalue weighted by Gasteiger charge is 2.02. The Labute approximate surface area is 126 Å². The van der Waals surface area contributed by atoms with Gasteiger partial charge >= 0.3 is 0 Å². The van der Waals surface area contributed by atoms with E-state index in [0.717, 1.165) is 30.2 Å². The van der Waals surface area contributed by atoms with Crippen molar-refractivity contribution in [3.05, 3.63) is 48.3 Å². The predicted molar refractivity (Wildman–Crippen MR) is 86.7 cm³/mol. The second kappa shape index (κ2) is 8.09. The third-order valence-corrected chi connectivity index (χ3v) is 3.16. The minimum Gasteiger partial charge on any atom is -0.356 e. The van der Waals surface area contributed by atoms with Crippen LogP contribution in [0.2, 0.25) is 0 Å². The number of hydrogen-bond acceptors (Lipinski definition) is 2. The fourth-order valence-electron chi connectivity index (χ4n) is 1.96. The van der Waals surface area contributed by atoms with Crippen LogP contribution in [0.15, 0.2) is 47.7 Å². The lowest BCUT2D eigenvalue weighted by Gasteiger charge is -2.10. The summed E-state index contributed by atoms with van der Waals surface area (Å²) in [7, 11) is 1.79. The van der Waals surface area contributed by atoms with Gasteiger partial charge in [0.15, 0.2) is 5.96 Å². The van der Waals surface area contributed by atoms with Crippen molar-refractivity contribution in [3.8, 4) is 5.69 Å². The maximum atomic E-state index is 4.38. The van der Waals surface area contributed by atoms with Crippen LogP contribution in [-0.4, -0.2) is 29.3 Å². The van der Waals surface area contributed by atoms with Gasteiger partial charge in [-0.2, -0.15) is 5.10 Å². The number of guanidine groups is 1. The van der Waals surface area contributed by atoms with Gasteiger partial charge in [-0.1, -0.05) is 31.5 Å². The van der Waals surface area contributed by atoms with Crippen LogP contribution in [0, 0.1) is 0 Å². The lowest BCUT2D eigenvalue weighted by Crippen LogP contribution is -2.37. The lowest BCUT2D eigenvalue weighted by molar-refractivity contribution is 0.729. The molecular weight excluding hydrogens is 262 g/mol. The molecule has 0 aliphatic carbocycles. The Hall–Kier alpha value is -2.30. The summed E-state index contributed by atoms with van der Waals surface area (Å²) in [6, 6.07) is 10.1. The monoisotopic (exact) mass is 285 g/mol. The molecule has 0 saturated heterocycles. The van der Waals surface area contributed by atoms with Crippen molar-refractivity contribution >= 4 is 5.96 Å². The second-order valence-corrected chi connectivity index (χ2v) is 4.83. The first kappa shape index (κ1) is 15.1. The summed E-state index contributed by atoms with van der Waals surface area (Å²) in [5.74, 6) is 0.830. The van der Waals surface area contributed by atoms with Crippen LogP contribution in [0.25, 0.3) is 5.69 Å². The summed E-state index contributed by atoms with van der Waals surface area (Å²) in [6.45, 7) is 3.83. The van der Waals surface area contributed by atoms with Gasteiger partial charge in [0.25, 0.3) is 0 Å². The number of hydrogen-bond donors (Lipinski definition) is 2. The van der Waals surface area contributed by atoms with Gasteiger partial charge in [-0.25, -0.2) is 4.68 Å². The van der Waals surface area contributed by atoms with Crippen LogP contribution in [-0.2, 0) is 6.54 Å². The molecule has 0 atom stereocenters. The number of unbranched alkanes of at least 4 members (excludes halogenated alkanes) is 1. The molecule has 0 bridgehead atoms. The number of nitrogens with one attached hydrogen (secondary N) is 2. The van der Waals surface area contributed by atoms with Crippen molar-refractivity contribution in [2.24, 2.45) is 4.99 Å². The molecule has 112 valence electrons. The van der Waals surface area contributed by atoms with Crippen molar-refractivity contribution in [1.82, 2.24) is 20.4 Å². The molecule has 1 heterocycles. The van der Waals surface area contributed by atoms with Gasteiger partial charge in [0.05, 0.1) is 11.9 Å². The van der Waals surface area contributed by atoms with Gasteiger partial charge in [0, 0.05) is 31.9 Å². The molecule has 0 fully saturated rings. The molecule has 5 nitrogen and oxygen atoms in total. The molecule has 21 heavy (non-hydrogen) atoms. The molecule has 2 aromatic rings. The first-order valence-corrected chi connectivity index (χ1v) is 7.37. The van der Waals surface area contributed by atoms with E-state index < -0.39 is 0 Å². The van der Waals surface area contributed by atoms with Crippen LogP contribution >= 0.6 is 0 Å². The van der Waals surface area contributed by atoms with Gasteiger partial charge in [-0.3, -0.25) is 4.99 Å². The first-order valence-electron chi connectivity index (χ1n) is 7.37. The molecule has 0 radical (unpaired) electrons. The van der Waals surface area contributed by atoms with Crippen LogP contribution in [0.5, 0.6) is 0 Å². The average molecular weight is 285 g/mol. The normalized spacial score (nSPS) is 11.4. The van der Waals surface area contributed by atoms with E-state index in [1.807, 2.05) is 47.4 Å². The highest BCUT2D eigenvalue weighted by Crippen LogP contribution is 2.07. The minimum absolute atomic E-state index is 0.707. The number of aromatic nitrogens is 2. The molecule has 1 aromatic carbocycles. The quantitative estimate of drug-likeness (QED) is 0.486. The van der Waals surface area contributed by atoms with Crippen LogP contribution in [0.4, 0.5) is 0 Å². The highest BCUT2D eigenvalue weighted by molar-refractivity contribution is 5.79. The predicted octanol–water partition coefficient (Wildman–Crippen LogP) is 2.34. The topological polar surface area (TPSA) is 54.2 Å². The summed E-state index contributed by atoms with van der Waals surface area (Å²) in [4.78, 5) is 4.21. The van der Waals surface area contributed by atoms with E-state index in [2.05, 4.69) is 27.6 Å². The third kappa shape index (κ3) is 4.63. The largest absolute Gasteiger partial charge is 0.356 e. The van der Waals surface area contributed by atoms with Crippen LogP contribution in [0.1, 0.15) is 25.3 Å². The summed E-state index contributed by atoms with van der Waals surface area (Å²) in [5.41, 5.74) is 2.19. The molecule has 2 N–H and O–H groups in total. The Morgan fingerprint density at radius 1 is 1.24 bits per heavy atom. The summed E-state index contributed by atoms with van der Waals surface area (Å²) in [6.07, 6.45) is 6.22. The standard InChI is InChI=1S/C16H23N5/c1-3-4-10-18-16(17-2)19-11-14-12-20-21(13-14)15-8-6-5-7-9-15/h5-9,12-13H,3-4,10-11H2,1-2H3,(H2,17,18,19). The number of nitrogens with zero attached hydrogens (tertiary/aromatic N) is 3. The number of aliphatic imine (C=N–C) groups is 1. The summed E-state index contributed by atoms with van der Waals surface area (Å²) in [5, 5.41) is 11.0. The van der Waals surface area contributed by atoms with E-state index in [0.29, 0.717) is 6.54 Å².